The van der Waals surface area contributed by atoms with E-state index in [1.54, 1.807) is 0 Å². The average molecular weight is 268 g/mol. The van der Waals surface area contributed by atoms with Gasteiger partial charge in [-0.25, -0.2) is 0 Å². The van der Waals surface area contributed by atoms with Crippen molar-refractivity contribution in [1.82, 2.24) is 10.2 Å². The van der Waals surface area contributed by atoms with Crippen molar-refractivity contribution in [2.75, 3.05) is 39.9 Å². The van der Waals surface area contributed by atoms with E-state index in [0.717, 1.165) is 25.1 Å². The molecule has 0 radical (unpaired) electrons. The fourth-order valence-corrected chi connectivity index (χ4v) is 3.87. The van der Waals surface area contributed by atoms with Gasteiger partial charge in [-0.15, -0.1) is 0 Å². The Labute approximate surface area is 119 Å². The molecule has 0 amide bonds. The third-order valence-electron chi connectivity index (χ3n) is 5.11. The van der Waals surface area contributed by atoms with Crippen molar-refractivity contribution in [1.29, 1.82) is 0 Å². The first-order chi connectivity index (χ1) is 9.28. The highest BCUT2D eigenvalue weighted by atomic mass is 16.5. The summed E-state index contributed by atoms with van der Waals surface area (Å²) in [5.41, 5.74) is 0.740. The van der Waals surface area contributed by atoms with E-state index in [1.165, 1.54) is 58.0 Å². The summed E-state index contributed by atoms with van der Waals surface area (Å²) in [7, 11) is 1.81. The SMILES string of the molecule is CCCNC(COC)CN1CCC2(CCCC2)CC1. The van der Waals surface area contributed by atoms with Gasteiger partial charge < -0.3 is 15.0 Å². The van der Waals surface area contributed by atoms with Crippen LogP contribution in [0.1, 0.15) is 51.9 Å². The van der Waals surface area contributed by atoms with Crippen molar-refractivity contribution in [2.45, 2.75) is 57.9 Å². The van der Waals surface area contributed by atoms with Crippen LogP contribution in [0.25, 0.3) is 0 Å². The van der Waals surface area contributed by atoms with Crippen LogP contribution in [0.15, 0.2) is 0 Å². The number of likely N-dealkylation sites (tertiary alicyclic amines) is 1. The van der Waals surface area contributed by atoms with Gasteiger partial charge in [0.2, 0.25) is 0 Å². The summed E-state index contributed by atoms with van der Waals surface area (Å²) in [6, 6.07) is 0.502. The van der Waals surface area contributed by atoms with Gasteiger partial charge in [-0.1, -0.05) is 19.8 Å². The number of hydrogen-bond acceptors (Lipinski definition) is 3. The maximum absolute atomic E-state index is 5.35. The van der Waals surface area contributed by atoms with E-state index in [4.69, 9.17) is 4.74 Å². The number of piperidine rings is 1. The quantitative estimate of drug-likeness (QED) is 0.768. The molecule has 3 heteroatoms. The topological polar surface area (TPSA) is 24.5 Å². The molecule has 3 nitrogen and oxygen atoms in total. The molecule has 112 valence electrons. The molecule has 1 heterocycles. The van der Waals surface area contributed by atoms with E-state index in [1.807, 2.05) is 7.11 Å². The van der Waals surface area contributed by atoms with Crippen LogP contribution in [0, 0.1) is 5.41 Å². The molecule has 2 fully saturated rings. The van der Waals surface area contributed by atoms with Gasteiger partial charge in [-0.2, -0.15) is 0 Å². The number of rotatable bonds is 7. The van der Waals surface area contributed by atoms with Gasteiger partial charge in [0.15, 0.2) is 0 Å². The van der Waals surface area contributed by atoms with Crippen LogP contribution < -0.4 is 5.32 Å². The fourth-order valence-electron chi connectivity index (χ4n) is 3.87. The highest BCUT2D eigenvalue weighted by Gasteiger charge is 2.37. The second kappa shape index (κ2) is 7.61. The second-order valence-corrected chi connectivity index (χ2v) is 6.61. The number of nitrogens with one attached hydrogen (secondary N) is 1. The lowest BCUT2D eigenvalue weighted by molar-refractivity contribution is 0.0828. The van der Waals surface area contributed by atoms with Crippen LogP contribution in [-0.2, 0) is 4.74 Å². The molecular formula is C16H32N2O. The Hall–Kier alpha value is -0.120. The average Bonchev–Trinajstić information content (AvgIpc) is 2.88. The van der Waals surface area contributed by atoms with Crippen molar-refractivity contribution in [3.8, 4) is 0 Å². The third kappa shape index (κ3) is 4.44. The van der Waals surface area contributed by atoms with Crippen molar-refractivity contribution >= 4 is 0 Å². The molecule has 1 unspecified atom stereocenters. The molecule has 0 aromatic carbocycles. The molecule has 1 saturated carbocycles. The predicted molar refractivity (Wildman–Crippen MR) is 80.5 cm³/mol. The first-order valence-electron chi connectivity index (χ1n) is 8.23. The Morgan fingerprint density at radius 2 is 1.84 bits per heavy atom. The summed E-state index contributed by atoms with van der Waals surface area (Å²) >= 11 is 0. The number of methoxy groups -OCH3 is 1. The van der Waals surface area contributed by atoms with Crippen LogP contribution in [-0.4, -0.2) is 50.8 Å². The summed E-state index contributed by atoms with van der Waals surface area (Å²) in [6.07, 6.45) is 10.0. The van der Waals surface area contributed by atoms with Gasteiger partial charge in [0.05, 0.1) is 6.61 Å². The van der Waals surface area contributed by atoms with Crippen LogP contribution in [0.2, 0.25) is 0 Å². The standard InChI is InChI=1S/C16H32N2O/c1-3-10-17-15(14-19-2)13-18-11-8-16(9-12-18)6-4-5-7-16/h15,17H,3-14H2,1-2H3. The minimum absolute atomic E-state index is 0.502. The Kier molecular flexibility index (Phi) is 6.11. The van der Waals surface area contributed by atoms with Crippen molar-refractivity contribution in [3.63, 3.8) is 0 Å². The third-order valence-corrected chi connectivity index (χ3v) is 5.11. The summed E-state index contributed by atoms with van der Waals surface area (Å²) < 4.78 is 5.35. The predicted octanol–water partition coefficient (Wildman–Crippen LogP) is 2.66. The molecule has 2 rings (SSSR count). The zero-order valence-electron chi connectivity index (χ0n) is 12.9. The van der Waals surface area contributed by atoms with E-state index < -0.39 is 0 Å². The Bertz CT molecular complexity index is 241. The molecule has 1 spiro atoms. The monoisotopic (exact) mass is 268 g/mol. The van der Waals surface area contributed by atoms with E-state index in [9.17, 15) is 0 Å². The maximum atomic E-state index is 5.35. The normalized spacial score (nSPS) is 24.9. The minimum Gasteiger partial charge on any atom is -0.383 e. The van der Waals surface area contributed by atoms with E-state index >= 15 is 0 Å². The molecule has 0 aromatic heterocycles. The molecule has 0 aromatic rings. The zero-order chi connectivity index (χ0) is 13.6. The first kappa shape index (κ1) is 15.3. The summed E-state index contributed by atoms with van der Waals surface area (Å²) in [5.74, 6) is 0. The van der Waals surface area contributed by atoms with Gasteiger partial charge in [0, 0.05) is 19.7 Å². The summed E-state index contributed by atoms with van der Waals surface area (Å²) in [6.45, 7) is 7.92. The Morgan fingerprint density at radius 3 is 2.42 bits per heavy atom. The van der Waals surface area contributed by atoms with Crippen molar-refractivity contribution < 1.29 is 4.74 Å². The second-order valence-electron chi connectivity index (χ2n) is 6.61. The van der Waals surface area contributed by atoms with E-state index in [0.29, 0.717) is 6.04 Å². The van der Waals surface area contributed by atoms with E-state index in [-0.39, 0.29) is 0 Å². The van der Waals surface area contributed by atoms with E-state index in [2.05, 4.69) is 17.1 Å². The lowest BCUT2D eigenvalue weighted by Gasteiger charge is -2.40. The summed E-state index contributed by atoms with van der Waals surface area (Å²) in [5, 5.41) is 3.61. The highest BCUT2D eigenvalue weighted by molar-refractivity contribution is 4.90. The molecule has 1 aliphatic carbocycles. The van der Waals surface area contributed by atoms with Crippen molar-refractivity contribution in [2.24, 2.45) is 5.41 Å². The summed E-state index contributed by atoms with van der Waals surface area (Å²) in [4.78, 5) is 2.65. The lowest BCUT2D eigenvalue weighted by atomic mass is 9.77. The number of nitrogens with zero attached hydrogens (tertiary/aromatic N) is 1. The van der Waals surface area contributed by atoms with Gasteiger partial charge in [-0.05, 0) is 57.2 Å². The van der Waals surface area contributed by atoms with Crippen LogP contribution in [0.3, 0.4) is 0 Å². The van der Waals surface area contributed by atoms with Gasteiger partial charge in [0.1, 0.15) is 0 Å². The van der Waals surface area contributed by atoms with Gasteiger partial charge in [-0.3, -0.25) is 0 Å². The van der Waals surface area contributed by atoms with Crippen LogP contribution >= 0.6 is 0 Å². The molecule has 0 bridgehead atoms. The Morgan fingerprint density at radius 1 is 1.16 bits per heavy atom. The number of ether oxygens (including phenoxy) is 1. The maximum Gasteiger partial charge on any atom is 0.0628 e. The molecule has 1 atom stereocenters. The van der Waals surface area contributed by atoms with Gasteiger partial charge in [0.25, 0.3) is 0 Å². The molecule has 19 heavy (non-hydrogen) atoms. The highest BCUT2D eigenvalue weighted by Crippen LogP contribution is 2.45. The Balaban J connectivity index is 1.73. The molecule has 1 aliphatic heterocycles. The molecule has 2 aliphatic rings. The fraction of sp³-hybridized carbons (Fsp3) is 1.00. The zero-order valence-corrected chi connectivity index (χ0v) is 12.9. The largest absolute Gasteiger partial charge is 0.383 e. The minimum atomic E-state index is 0.502. The smallest absolute Gasteiger partial charge is 0.0628 e. The molecule has 1 N–H and O–H groups in total. The van der Waals surface area contributed by atoms with Crippen LogP contribution in [0.5, 0.6) is 0 Å². The molecule has 1 saturated heterocycles. The van der Waals surface area contributed by atoms with Crippen molar-refractivity contribution in [3.05, 3.63) is 0 Å². The molecular weight excluding hydrogens is 236 g/mol. The number of hydrogen-bond donors (Lipinski definition) is 1. The van der Waals surface area contributed by atoms with Crippen LogP contribution in [0.4, 0.5) is 0 Å². The first-order valence-corrected chi connectivity index (χ1v) is 8.23. The van der Waals surface area contributed by atoms with Gasteiger partial charge >= 0.3 is 0 Å². The lowest BCUT2D eigenvalue weighted by Crippen LogP contribution is -2.48.